The van der Waals surface area contributed by atoms with E-state index in [-0.39, 0.29) is 17.0 Å². The van der Waals surface area contributed by atoms with E-state index in [0.29, 0.717) is 51.6 Å². The average Bonchev–Trinajstić information content (AvgIpc) is 2.36. The molecule has 0 saturated carbocycles. The van der Waals surface area contributed by atoms with Gasteiger partial charge in [-0.25, -0.2) is 4.79 Å². The summed E-state index contributed by atoms with van der Waals surface area (Å²) >= 11 is 0. The molecule has 0 saturated heterocycles. The third kappa shape index (κ3) is 17.2. The van der Waals surface area contributed by atoms with Crippen LogP contribution in [-0.2, 0) is 14.3 Å². The van der Waals surface area contributed by atoms with E-state index in [1.807, 2.05) is 20.8 Å². The Kier molecular flexibility index (Phi) is 10.9. The molecule has 0 aromatic rings. The maximum Gasteiger partial charge on any atom is 0.315 e. The molecule has 142 valence electrons. The van der Waals surface area contributed by atoms with E-state index in [9.17, 15) is 9.59 Å². The zero-order valence-electron chi connectivity index (χ0n) is 16.3. The third-order valence-corrected chi connectivity index (χ3v) is 2.86. The Morgan fingerprint density at radius 1 is 0.875 bits per heavy atom. The van der Waals surface area contributed by atoms with Gasteiger partial charge in [-0.05, 0) is 32.6 Å². The number of hydrogen-bond donors (Lipinski definition) is 2. The van der Waals surface area contributed by atoms with E-state index in [0.717, 1.165) is 6.42 Å². The predicted octanol–water partition coefficient (Wildman–Crippen LogP) is 2.90. The van der Waals surface area contributed by atoms with Crippen LogP contribution in [-0.4, -0.2) is 50.3 Å². The molecule has 0 heterocycles. The first-order valence-corrected chi connectivity index (χ1v) is 8.73. The largest absolute Gasteiger partial charge is 0.379 e. The van der Waals surface area contributed by atoms with Gasteiger partial charge in [0.05, 0.1) is 19.8 Å². The molecule has 0 bridgehead atoms. The summed E-state index contributed by atoms with van der Waals surface area (Å²) in [4.78, 5) is 23.2. The summed E-state index contributed by atoms with van der Waals surface area (Å²) in [7, 11) is 0. The minimum absolute atomic E-state index is 0.0591. The maximum absolute atomic E-state index is 11.7. The molecule has 0 aromatic heterocycles. The van der Waals surface area contributed by atoms with Crippen LogP contribution in [0.15, 0.2) is 0 Å². The molecular weight excluding hydrogens is 308 g/mol. The molecule has 0 rings (SSSR count). The molecule has 2 amide bonds. The van der Waals surface area contributed by atoms with E-state index in [4.69, 9.17) is 9.47 Å². The van der Waals surface area contributed by atoms with Crippen LogP contribution in [0.2, 0.25) is 0 Å². The van der Waals surface area contributed by atoms with Crippen molar-refractivity contribution in [1.82, 2.24) is 10.6 Å². The van der Waals surface area contributed by atoms with Gasteiger partial charge in [-0.15, -0.1) is 0 Å². The van der Waals surface area contributed by atoms with Crippen molar-refractivity contribution in [3.05, 3.63) is 0 Å². The lowest BCUT2D eigenvalue weighted by Crippen LogP contribution is -2.47. The van der Waals surface area contributed by atoms with Gasteiger partial charge in [0, 0.05) is 31.5 Å². The lowest BCUT2D eigenvalue weighted by molar-refractivity contribution is -0.121. The quantitative estimate of drug-likeness (QED) is 0.565. The van der Waals surface area contributed by atoms with Gasteiger partial charge >= 0.3 is 6.03 Å². The van der Waals surface area contributed by atoms with Crippen molar-refractivity contribution in [1.29, 1.82) is 0 Å². The maximum atomic E-state index is 11.7. The van der Waals surface area contributed by atoms with E-state index < -0.39 is 0 Å². The molecule has 24 heavy (non-hydrogen) atoms. The van der Waals surface area contributed by atoms with Crippen LogP contribution in [0, 0.1) is 5.41 Å². The minimum Gasteiger partial charge on any atom is -0.379 e. The van der Waals surface area contributed by atoms with Gasteiger partial charge in [-0.2, -0.15) is 0 Å². The minimum atomic E-state index is -0.243. The number of Topliss-reactive ketones (excluding diaryl/α,β-unsaturated/α-hetero) is 1. The Bertz CT molecular complexity index is 334. The summed E-state index contributed by atoms with van der Waals surface area (Å²) in [5, 5.41) is 5.54. The highest BCUT2D eigenvalue weighted by Crippen LogP contribution is 2.19. The predicted molar refractivity (Wildman–Crippen MR) is 96.2 cm³/mol. The molecule has 2 N–H and O–H groups in total. The first-order chi connectivity index (χ1) is 11.0. The van der Waals surface area contributed by atoms with Gasteiger partial charge in [-0.1, -0.05) is 20.8 Å². The highest BCUT2D eigenvalue weighted by atomic mass is 16.5. The first-order valence-electron chi connectivity index (χ1n) is 8.73. The SMILES string of the molecule is CC(C)(C)CC(=O)CCCOCCOCCNC(=O)NC(C)(C)C. The molecule has 0 fully saturated rings. The van der Waals surface area contributed by atoms with Crippen molar-refractivity contribution >= 4 is 11.8 Å². The summed E-state index contributed by atoms with van der Waals surface area (Å²) in [6, 6.07) is -0.192. The summed E-state index contributed by atoms with van der Waals surface area (Å²) in [6.45, 7) is 14.5. The summed E-state index contributed by atoms with van der Waals surface area (Å²) < 4.78 is 10.8. The zero-order chi connectivity index (χ0) is 18.6. The molecule has 6 heteroatoms. The number of carbonyl (C=O) groups excluding carboxylic acids is 2. The molecule has 0 aliphatic rings. The van der Waals surface area contributed by atoms with E-state index >= 15 is 0 Å². The lowest BCUT2D eigenvalue weighted by Gasteiger charge is -2.20. The van der Waals surface area contributed by atoms with Crippen molar-refractivity contribution < 1.29 is 19.1 Å². The van der Waals surface area contributed by atoms with Crippen LogP contribution < -0.4 is 10.6 Å². The number of hydrogen-bond acceptors (Lipinski definition) is 4. The van der Waals surface area contributed by atoms with Gasteiger partial charge in [-0.3, -0.25) is 4.79 Å². The second-order valence-corrected chi connectivity index (χ2v) is 8.24. The molecule has 0 radical (unpaired) electrons. The number of carbonyl (C=O) groups is 2. The van der Waals surface area contributed by atoms with Crippen LogP contribution in [0.5, 0.6) is 0 Å². The molecule has 0 atom stereocenters. The standard InChI is InChI=1S/C18H36N2O4/c1-17(2,3)14-15(21)8-7-10-23-12-13-24-11-9-19-16(22)20-18(4,5)6/h7-14H2,1-6H3,(H2,19,20,22). The topological polar surface area (TPSA) is 76.7 Å². The summed E-state index contributed by atoms with van der Waals surface area (Å²) in [6.07, 6.45) is 1.94. The average molecular weight is 344 g/mol. The van der Waals surface area contributed by atoms with E-state index in [2.05, 4.69) is 31.4 Å². The fourth-order valence-corrected chi connectivity index (χ4v) is 1.99. The van der Waals surface area contributed by atoms with Gasteiger partial charge < -0.3 is 20.1 Å². The molecule has 0 aliphatic heterocycles. The molecule has 0 aliphatic carbocycles. The van der Waals surface area contributed by atoms with E-state index in [1.165, 1.54) is 0 Å². The fraction of sp³-hybridized carbons (Fsp3) is 0.889. The van der Waals surface area contributed by atoms with Crippen LogP contribution >= 0.6 is 0 Å². The van der Waals surface area contributed by atoms with Crippen molar-refractivity contribution in [3.63, 3.8) is 0 Å². The van der Waals surface area contributed by atoms with Crippen LogP contribution in [0.25, 0.3) is 0 Å². The van der Waals surface area contributed by atoms with Gasteiger partial charge in [0.2, 0.25) is 0 Å². The number of ketones is 1. The highest BCUT2D eigenvalue weighted by Gasteiger charge is 2.15. The summed E-state index contributed by atoms with van der Waals surface area (Å²) in [5.74, 6) is 0.293. The van der Waals surface area contributed by atoms with Crippen LogP contribution in [0.4, 0.5) is 4.79 Å². The number of nitrogens with one attached hydrogen (secondary N) is 2. The lowest BCUT2D eigenvalue weighted by atomic mass is 9.89. The summed E-state index contributed by atoms with van der Waals surface area (Å²) in [5.41, 5.74) is -0.184. The van der Waals surface area contributed by atoms with Gasteiger partial charge in [0.15, 0.2) is 0 Å². The van der Waals surface area contributed by atoms with Crippen molar-refractivity contribution in [3.8, 4) is 0 Å². The highest BCUT2D eigenvalue weighted by molar-refractivity contribution is 5.78. The number of rotatable bonds is 11. The monoisotopic (exact) mass is 344 g/mol. The van der Waals surface area contributed by atoms with Crippen molar-refractivity contribution in [2.45, 2.75) is 66.3 Å². The van der Waals surface area contributed by atoms with Crippen molar-refractivity contribution in [2.24, 2.45) is 5.41 Å². The smallest absolute Gasteiger partial charge is 0.315 e. The van der Waals surface area contributed by atoms with Crippen molar-refractivity contribution in [2.75, 3.05) is 33.0 Å². The fourth-order valence-electron chi connectivity index (χ4n) is 1.99. The van der Waals surface area contributed by atoms with Gasteiger partial charge in [0.25, 0.3) is 0 Å². The molecule has 0 unspecified atom stereocenters. The number of ether oxygens (including phenoxy) is 2. The number of urea groups is 1. The zero-order valence-corrected chi connectivity index (χ0v) is 16.3. The Labute approximate surface area is 147 Å². The Balaban J connectivity index is 3.37. The Morgan fingerprint density at radius 2 is 1.46 bits per heavy atom. The second-order valence-electron chi connectivity index (χ2n) is 8.24. The van der Waals surface area contributed by atoms with Crippen LogP contribution in [0.3, 0.4) is 0 Å². The van der Waals surface area contributed by atoms with Gasteiger partial charge in [0.1, 0.15) is 5.78 Å². The van der Waals surface area contributed by atoms with E-state index in [1.54, 1.807) is 0 Å². The third-order valence-electron chi connectivity index (χ3n) is 2.86. The molecule has 0 spiro atoms. The second kappa shape index (κ2) is 11.4. The molecule has 6 nitrogen and oxygen atoms in total. The first kappa shape index (κ1) is 22.9. The molecular formula is C18H36N2O4. The normalized spacial score (nSPS) is 12.1. The Hall–Kier alpha value is -1.14. The Morgan fingerprint density at radius 3 is 2.00 bits per heavy atom. The molecule has 0 aromatic carbocycles. The van der Waals surface area contributed by atoms with Crippen LogP contribution in [0.1, 0.15) is 60.8 Å². The number of amides is 2.